The van der Waals surface area contributed by atoms with Gasteiger partial charge in [0.1, 0.15) is 0 Å². The summed E-state index contributed by atoms with van der Waals surface area (Å²) >= 11 is 0. The number of hydrogen-bond acceptors (Lipinski definition) is 4. The van der Waals surface area contributed by atoms with Gasteiger partial charge in [0.25, 0.3) is 0 Å². The standard InChI is InChI=1S/C23H28N4O3S/c1-18-7-9-20(10-8-18)31(29,30)27-15-11-19(12-16-27)23(28)24-13-4-14-26-17-25-21-5-2-3-6-22(21)26/h2-3,5-10,17,19H,4,11-16H2,1H3,(H,24,28). The Balaban J connectivity index is 1.23. The van der Waals surface area contributed by atoms with Crippen LogP contribution in [-0.4, -0.2) is 47.8 Å². The van der Waals surface area contributed by atoms with Crippen LogP contribution in [0.2, 0.25) is 0 Å². The van der Waals surface area contributed by atoms with Crippen LogP contribution in [0.5, 0.6) is 0 Å². The number of piperidine rings is 1. The predicted molar refractivity (Wildman–Crippen MR) is 120 cm³/mol. The molecule has 1 aliphatic rings. The third-order valence-electron chi connectivity index (χ3n) is 5.89. The Bertz CT molecular complexity index is 1150. The molecule has 0 aliphatic carbocycles. The Morgan fingerprint density at radius 2 is 1.81 bits per heavy atom. The highest BCUT2D eigenvalue weighted by molar-refractivity contribution is 7.89. The Morgan fingerprint density at radius 3 is 2.55 bits per heavy atom. The first-order valence-corrected chi connectivity index (χ1v) is 12.1. The van der Waals surface area contributed by atoms with Gasteiger partial charge in [-0.2, -0.15) is 4.31 Å². The van der Waals surface area contributed by atoms with E-state index in [2.05, 4.69) is 14.9 Å². The predicted octanol–water partition coefficient (Wildman–Crippen LogP) is 2.95. The van der Waals surface area contributed by atoms with E-state index in [1.165, 1.54) is 4.31 Å². The third-order valence-corrected chi connectivity index (χ3v) is 7.80. The lowest BCUT2D eigenvalue weighted by molar-refractivity contribution is -0.126. The number of hydrogen-bond donors (Lipinski definition) is 1. The summed E-state index contributed by atoms with van der Waals surface area (Å²) in [6, 6.07) is 14.9. The summed E-state index contributed by atoms with van der Waals surface area (Å²) in [5.41, 5.74) is 3.09. The molecule has 0 unspecified atom stereocenters. The number of nitrogens with one attached hydrogen (secondary N) is 1. The largest absolute Gasteiger partial charge is 0.356 e. The fraction of sp³-hybridized carbons (Fsp3) is 0.391. The van der Waals surface area contributed by atoms with Gasteiger partial charge < -0.3 is 9.88 Å². The summed E-state index contributed by atoms with van der Waals surface area (Å²) in [5.74, 6) is -0.124. The quantitative estimate of drug-likeness (QED) is 0.573. The number of fused-ring (bicyclic) bond motifs is 1. The van der Waals surface area contributed by atoms with Gasteiger partial charge in [-0.05, 0) is 50.5 Å². The molecule has 0 saturated carbocycles. The van der Waals surface area contributed by atoms with Gasteiger partial charge >= 0.3 is 0 Å². The summed E-state index contributed by atoms with van der Waals surface area (Å²) < 4.78 is 29.2. The molecule has 7 nitrogen and oxygen atoms in total. The summed E-state index contributed by atoms with van der Waals surface area (Å²) in [6.45, 7) is 4.05. The SMILES string of the molecule is Cc1ccc(S(=O)(=O)N2CCC(C(=O)NCCCn3cnc4ccccc43)CC2)cc1. The van der Waals surface area contributed by atoms with Crippen molar-refractivity contribution in [3.8, 4) is 0 Å². The van der Waals surface area contributed by atoms with Crippen LogP contribution >= 0.6 is 0 Å². The monoisotopic (exact) mass is 440 g/mol. The molecule has 1 amide bonds. The van der Waals surface area contributed by atoms with Crippen molar-refractivity contribution < 1.29 is 13.2 Å². The number of aromatic nitrogens is 2. The Morgan fingerprint density at radius 1 is 1.10 bits per heavy atom. The summed E-state index contributed by atoms with van der Waals surface area (Å²) in [7, 11) is -3.50. The highest BCUT2D eigenvalue weighted by Crippen LogP contribution is 2.24. The first-order valence-electron chi connectivity index (χ1n) is 10.7. The van der Waals surface area contributed by atoms with Gasteiger partial charge in [-0.15, -0.1) is 0 Å². The number of aryl methyl sites for hydroxylation is 2. The van der Waals surface area contributed by atoms with E-state index in [1.807, 2.05) is 37.5 Å². The van der Waals surface area contributed by atoms with Crippen LogP contribution < -0.4 is 5.32 Å². The first kappa shape index (κ1) is 21.5. The van der Waals surface area contributed by atoms with Crippen molar-refractivity contribution in [2.75, 3.05) is 19.6 Å². The molecule has 8 heteroatoms. The van der Waals surface area contributed by atoms with E-state index in [-0.39, 0.29) is 11.8 Å². The van der Waals surface area contributed by atoms with Crippen LogP contribution in [0.15, 0.2) is 59.8 Å². The van der Waals surface area contributed by atoms with E-state index in [0.29, 0.717) is 37.4 Å². The Labute approximate surface area is 183 Å². The lowest BCUT2D eigenvalue weighted by Gasteiger charge is -2.30. The molecule has 1 fully saturated rings. The molecule has 3 aromatic rings. The van der Waals surface area contributed by atoms with E-state index in [9.17, 15) is 13.2 Å². The van der Waals surface area contributed by atoms with E-state index in [0.717, 1.165) is 29.6 Å². The maximum atomic E-state index is 12.8. The molecule has 2 aromatic carbocycles. The average Bonchev–Trinajstić information content (AvgIpc) is 3.20. The highest BCUT2D eigenvalue weighted by Gasteiger charge is 2.31. The molecule has 0 radical (unpaired) electrons. The minimum atomic E-state index is -3.50. The van der Waals surface area contributed by atoms with E-state index < -0.39 is 10.0 Å². The molecule has 2 heterocycles. The molecule has 31 heavy (non-hydrogen) atoms. The maximum absolute atomic E-state index is 12.8. The lowest BCUT2D eigenvalue weighted by Crippen LogP contribution is -2.43. The number of carbonyl (C=O) groups excluding carboxylic acids is 1. The second kappa shape index (κ2) is 9.20. The molecule has 1 saturated heterocycles. The molecular weight excluding hydrogens is 412 g/mol. The molecule has 164 valence electrons. The number of carbonyl (C=O) groups is 1. The van der Waals surface area contributed by atoms with Crippen molar-refractivity contribution in [3.63, 3.8) is 0 Å². The fourth-order valence-corrected chi connectivity index (χ4v) is 5.48. The van der Waals surface area contributed by atoms with Crippen LogP contribution in [0.1, 0.15) is 24.8 Å². The first-order chi connectivity index (χ1) is 14.9. The topological polar surface area (TPSA) is 84.3 Å². The van der Waals surface area contributed by atoms with Gasteiger partial charge in [-0.3, -0.25) is 4.79 Å². The zero-order valence-electron chi connectivity index (χ0n) is 17.7. The van der Waals surface area contributed by atoms with Crippen molar-refractivity contribution >= 4 is 27.0 Å². The van der Waals surface area contributed by atoms with Gasteiger partial charge in [0.05, 0.1) is 22.3 Å². The molecule has 0 atom stereocenters. The van der Waals surface area contributed by atoms with Gasteiger partial charge in [-0.25, -0.2) is 13.4 Å². The number of amides is 1. The summed E-state index contributed by atoms with van der Waals surface area (Å²) in [4.78, 5) is 17.2. The van der Waals surface area contributed by atoms with E-state index >= 15 is 0 Å². The van der Waals surface area contributed by atoms with Gasteiger partial charge in [-0.1, -0.05) is 29.8 Å². The molecule has 0 bridgehead atoms. The normalized spacial score (nSPS) is 15.9. The number of para-hydroxylation sites is 2. The highest BCUT2D eigenvalue weighted by atomic mass is 32.2. The minimum Gasteiger partial charge on any atom is -0.356 e. The smallest absolute Gasteiger partial charge is 0.243 e. The minimum absolute atomic E-state index is 0.0165. The van der Waals surface area contributed by atoms with Gasteiger partial charge in [0, 0.05) is 32.1 Å². The summed E-state index contributed by atoms with van der Waals surface area (Å²) in [6.07, 6.45) is 3.73. The molecule has 4 rings (SSSR count). The average molecular weight is 441 g/mol. The molecule has 1 aliphatic heterocycles. The van der Waals surface area contributed by atoms with Crippen LogP contribution in [0.3, 0.4) is 0 Å². The number of imidazole rings is 1. The second-order valence-corrected chi connectivity index (χ2v) is 10.0. The van der Waals surface area contributed by atoms with Crippen LogP contribution in [-0.2, 0) is 21.4 Å². The maximum Gasteiger partial charge on any atom is 0.243 e. The van der Waals surface area contributed by atoms with Crippen LogP contribution in [0.25, 0.3) is 11.0 Å². The number of benzene rings is 2. The van der Waals surface area contributed by atoms with Crippen molar-refractivity contribution in [3.05, 3.63) is 60.4 Å². The van der Waals surface area contributed by atoms with Crippen molar-refractivity contribution in [2.24, 2.45) is 5.92 Å². The molecule has 0 spiro atoms. The lowest BCUT2D eigenvalue weighted by atomic mass is 9.97. The van der Waals surface area contributed by atoms with Gasteiger partial charge in [0.2, 0.25) is 15.9 Å². The number of rotatable bonds is 7. The van der Waals surface area contributed by atoms with Crippen molar-refractivity contribution in [1.82, 2.24) is 19.2 Å². The summed E-state index contributed by atoms with van der Waals surface area (Å²) in [5, 5.41) is 3.01. The molecular formula is C23H28N4O3S. The second-order valence-electron chi connectivity index (χ2n) is 8.06. The van der Waals surface area contributed by atoms with E-state index in [1.54, 1.807) is 24.3 Å². The Hall–Kier alpha value is -2.71. The number of sulfonamides is 1. The third kappa shape index (κ3) is 4.80. The van der Waals surface area contributed by atoms with Crippen molar-refractivity contribution in [1.29, 1.82) is 0 Å². The molecule has 1 aromatic heterocycles. The molecule has 1 N–H and O–H groups in total. The zero-order chi connectivity index (χ0) is 21.8. The van der Waals surface area contributed by atoms with Crippen molar-refractivity contribution in [2.45, 2.75) is 37.6 Å². The van der Waals surface area contributed by atoms with Crippen LogP contribution in [0, 0.1) is 12.8 Å². The number of nitrogens with zero attached hydrogens (tertiary/aromatic N) is 3. The zero-order valence-corrected chi connectivity index (χ0v) is 18.5. The van der Waals surface area contributed by atoms with Crippen LogP contribution in [0.4, 0.5) is 0 Å². The van der Waals surface area contributed by atoms with Gasteiger partial charge in [0.15, 0.2) is 0 Å². The van der Waals surface area contributed by atoms with E-state index in [4.69, 9.17) is 0 Å². The Kier molecular flexibility index (Phi) is 6.38. The fourth-order valence-electron chi connectivity index (χ4n) is 4.01.